The molecule has 1 aromatic heterocycles. The van der Waals surface area contributed by atoms with Gasteiger partial charge in [0.05, 0.1) is 22.0 Å². The predicted octanol–water partition coefficient (Wildman–Crippen LogP) is 7.07. The lowest BCUT2D eigenvalue weighted by molar-refractivity contribution is -0.193. The third kappa shape index (κ3) is 8.01. The van der Waals surface area contributed by atoms with Crippen molar-refractivity contribution in [3.8, 4) is 17.1 Å². The number of fused-ring (bicyclic) bond motifs is 4. The Hall–Kier alpha value is -3.95. The monoisotopic (exact) mass is 763 g/mol. The first-order valence-corrected chi connectivity index (χ1v) is 19.1. The summed E-state index contributed by atoms with van der Waals surface area (Å²) >= 11 is 5.43. The summed E-state index contributed by atoms with van der Waals surface area (Å²) in [7, 11) is -4.55. The molecule has 4 bridgehead atoms. The average Bonchev–Trinajstić information content (AvgIpc) is 3.85. The fourth-order valence-electron chi connectivity index (χ4n) is 7.47. The minimum atomic E-state index is -4.55. The second-order valence-corrected chi connectivity index (χ2v) is 16.2. The maximum absolute atomic E-state index is 14.7. The first-order chi connectivity index (χ1) is 24.5. The van der Waals surface area contributed by atoms with Crippen molar-refractivity contribution in [3.63, 3.8) is 0 Å². The summed E-state index contributed by atoms with van der Waals surface area (Å²) in [5.41, 5.74) is 5.96. The molecule has 2 aliphatic carbocycles. The van der Waals surface area contributed by atoms with Crippen molar-refractivity contribution in [1.29, 1.82) is 0 Å². The lowest BCUT2D eigenvalue weighted by atomic mass is 9.87. The zero-order valence-electron chi connectivity index (χ0n) is 29.0. The molecule has 2 heterocycles. The number of halogens is 4. The molecule has 0 radical (unpaired) electrons. The maximum Gasteiger partial charge on any atom is 0.404 e. The number of benzene rings is 2. The molecule has 2 atom stereocenters. The Morgan fingerprint density at radius 3 is 2.40 bits per heavy atom. The summed E-state index contributed by atoms with van der Waals surface area (Å²) in [5.74, 6) is -1.07. The largest absolute Gasteiger partial charge is 0.475 e. The van der Waals surface area contributed by atoms with Crippen LogP contribution < -0.4 is 15.2 Å². The highest BCUT2D eigenvalue weighted by Crippen LogP contribution is 2.61. The van der Waals surface area contributed by atoms with Crippen molar-refractivity contribution < 1.29 is 40.7 Å². The van der Waals surface area contributed by atoms with Gasteiger partial charge in [-0.25, -0.2) is 22.9 Å². The number of nitrogens with zero attached hydrogens (tertiary/aromatic N) is 3. The van der Waals surface area contributed by atoms with Crippen molar-refractivity contribution in [1.82, 2.24) is 14.9 Å². The molecule has 2 saturated carbocycles. The van der Waals surface area contributed by atoms with Gasteiger partial charge >= 0.3 is 11.6 Å². The van der Waals surface area contributed by atoms with Gasteiger partial charge in [0.25, 0.3) is 15.9 Å². The van der Waals surface area contributed by atoms with Gasteiger partial charge in [-0.1, -0.05) is 24.3 Å². The van der Waals surface area contributed by atoms with E-state index in [0.717, 1.165) is 11.1 Å². The minimum absolute atomic E-state index is 0.0501. The molecule has 0 saturated heterocycles. The summed E-state index contributed by atoms with van der Waals surface area (Å²) in [6.07, 6.45) is -4.01. The molecule has 2 fully saturated rings. The average molecular weight is 764 g/mol. The zero-order valence-corrected chi connectivity index (χ0v) is 30.6. The van der Waals surface area contributed by atoms with Crippen molar-refractivity contribution in [2.45, 2.75) is 107 Å². The molecule has 52 heavy (non-hydrogen) atoms. The fraction of sp³-hybridized carbons (Fsp3) is 0.500. The number of nitrogens with one attached hydrogen (secondary N) is 1. The molecule has 280 valence electrons. The Labute approximate surface area is 305 Å². The van der Waals surface area contributed by atoms with Crippen LogP contribution in [0, 0.1) is 19.3 Å². The third-order valence-corrected chi connectivity index (χ3v) is 11.8. The number of alkyl halides is 3. The number of ether oxygens (including phenoxy) is 2. The van der Waals surface area contributed by atoms with Crippen LogP contribution in [-0.4, -0.2) is 71.6 Å². The molecular weight excluding hydrogens is 723 g/mol. The molecule has 6 rings (SSSR count). The van der Waals surface area contributed by atoms with E-state index in [1.54, 1.807) is 0 Å². The second kappa shape index (κ2) is 14.5. The van der Waals surface area contributed by atoms with E-state index in [-0.39, 0.29) is 59.8 Å². The summed E-state index contributed by atoms with van der Waals surface area (Å²) < 4.78 is 85.8. The zero-order chi connectivity index (χ0) is 37.6. The first-order valence-electron chi connectivity index (χ1n) is 17.2. The van der Waals surface area contributed by atoms with E-state index in [4.69, 9.17) is 26.8 Å². The van der Waals surface area contributed by atoms with Crippen molar-refractivity contribution >= 4 is 38.9 Å². The van der Waals surface area contributed by atoms with Gasteiger partial charge in [-0.05, 0) is 94.5 Å². The van der Waals surface area contributed by atoms with E-state index in [0.29, 0.717) is 36.9 Å². The van der Waals surface area contributed by atoms with Crippen molar-refractivity contribution in [3.05, 3.63) is 64.7 Å². The predicted molar refractivity (Wildman–Crippen MR) is 188 cm³/mol. The highest BCUT2D eigenvalue weighted by atomic mass is 35.5. The number of anilines is 1. The molecule has 3 aliphatic rings. The molecule has 3 aromatic rings. The van der Waals surface area contributed by atoms with Crippen LogP contribution >= 0.6 is 11.6 Å². The van der Waals surface area contributed by atoms with E-state index < -0.39 is 57.6 Å². The van der Waals surface area contributed by atoms with Crippen LogP contribution in [0.2, 0.25) is 0 Å². The second-order valence-electron chi connectivity index (χ2n) is 14.2. The highest BCUT2D eigenvalue weighted by molar-refractivity contribution is 7.92. The minimum Gasteiger partial charge on any atom is -0.475 e. The SMILES string of the molecule is Cc1cccc(C)c1-c1cc2nc(n1)NS(=O)(=O)c1cc(ccc1CC(C)OC(=O)Cl)C(=O)N([C@H]1CC[C@H](N)CC1)[C@H](CC1(C(F)(F)F)CC1)CO2. The Balaban J connectivity index is 1.54. The Kier molecular flexibility index (Phi) is 10.5. The van der Waals surface area contributed by atoms with E-state index in [1.807, 2.05) is 32.0 Å². The smallest absolute Gasteiger partial charge is 0.404 e. The van der Waals surface area contributed by atoms with Crippen LogP contribution in [-0.2, 0) is 21.2 Å². The standard InChI is InChI=1S/C36H41ClF3N5O6S/c1-20-5-4-6-21(2)31(20)28-17-30-43-34(42-28)44-52(48,49)29-16-24(8-7-23(29)15-22(3)51-33(37)47)32(46)45(26-11-9-25(41)10-12-26)27(19-50-30)18-35(13-14-35)36(38,39)40/h4-8,16-17,22,25-27H,9-15,18-19,41H2,1-3H3,(H,42,43,44)/t22?,25-,26-,27-/m1/s1. The molecule has 16 heteroatoms. The van der Waals surface area contributed by atoms with E-state index in [9.17, 15) is 31.2 Å². The molecular formula is C36H41ClF3N5O6S. The van der Waals surface area contributed by atoms with Crippen LogP contribution in [0.1, 0.15) is 78.9 Å². The highest BCUT2D eigenvalue weighted by Gasteiger charge is 2.64. The van der Waals surface area contributed by atoms with Crippen molar-refractivity contribution in [2.75, 3.05) is 11.3 Å². The first kappa shape index (κ1) is 37.8. The number of aromatic nitrogens is 2. The van der Waals surface area contributed by atoms with Crippen molar-refractivity contribution in [2.24, 2.45) is 11.1 Å². The molecule has 11 nitrogen and oxygen atoms in total. The van der Waals surface area contributed by atoms with Gasteiger partial charge in [0.2, 0.25) is 11.8 Å². The summed E-state index contributed by atoms with van der Waals surface area (Å²) in [6.45, 7) is 4.92. The molecule has 1 amide bonds. The van der Waals surface area contributed by atoms with Crippen LogP contribution in [0.4, 0.5) is 23.9 Å². The van der Waals surface area contributed by atoms with Crippen LogP contribution in [0.15, 0.2) is 47.4 Å². The topological polar surface area (TPSA) is 154 Å². The molecule has 2 aromatic carbocycles. The number of aryl methyl sites for hydroxylation is 2. The number of hydrogen-bond donors (Lipinski definition) is 2. The normalized spacial score (nSPS) is 23.2. The Bertz CT molecular complexity index is 1950. The fourth-order valence-corrected chi connectivity index (χ4v) is 8.84. The van der Waals surface area contributed by atoms with E-state index >= 15 is 0 Å². The number of sulfonamides is 1. The van der Waals surface area contributed by atoms with Gasteiger partial charge in [-0.2, -0.15) is 18.2 Å². The maximum atomic E-state index is 14.7. The number of hydrogen-bond acceptors (Lipinski definition) is 9. The third-order valence-electron chi connectivity index (χ3n) is 10.3. The summed E-state index contributed by atoms with van der Waals surface area (Å²) in [5, 5.41) is 0. The Morgan fingerprint density at radius 1 is 1.12 bits per heavy atom. The molecule has 1 unspecified atom stereocenters. The molecule has 0 spiro atoms. The number of carbonyl (C=O) groups is 2. The van der Waals surface area contributed by atoms with Gasteiger partial charge in [0.1, 0.15) is 12.7 Å². The number of nitrogens with two attached hydrogens (primary N) is 1. The number of carbonyl (C=O) groups excluding carboxylic acids is 2. The van der Waals surface area contributed by atoms with Crippen LogP contribution in [0.5, 0.6) is 5.88 Å². The van der Waals surface area contributed by atoms with E-state index in [1.165, 1.54) is 36.1 Å². The Morgan fingerprint density at radius 2 is 1.79 bits per heavy atom. The lowest BCUT2D eigenvalue weighted by Gasteiger charge is -2.42. The van der Waals surface area contributed by atoms with Gasteiger partial charge < -0.3 is 20.1 Å². The molecule has 3 N–H and O–H groups in total. The number of amides is 1. The molecule has 1 aliphatic heterocycles. The number of rotatable bonds is 7. The van der Waals surface area contributed by atoms with Gasteiger partial charge in [-0.15, -0.1) is 0 Å². The van der Waals surface area contributed by atoms with Crippen LogP contribution in [0.25, 0.3) is 11.3 Å². The van der Waals surface area contributed by atoms with E-state index in [2.05, 4.69) is 14.7 Å². The van der Waals surface area contributed by atoms with Gasteiger partial charge in [-0.3, -0.25) is 4.79 Å². The summed E-state index contributed by atoms with van der Waals surface area (Å²) in [4.78, 5) is 36.2. The van der Waals surface area contributed by atoms with Gasteiger partial charge in [0.15, 0.2) is 0 Å². The van der Waals surface area contributed by atoms with Crippen LogP contribution in [0.3, 0.4) is 0 Å². The lowest BCUT2D eigenvalue weighted by Crippen LogP contribution is -2.53. The van der Waals surface area contributed by atoms with Gasteiger partial charge in [0, 0.05) is 47.3 Å². The summed E-state index contributed by atoms with van der Waals surface area (Å²) in [6, 6.07) is 9.50. The quantitative estimate of drug-likeness (QED) is 0.241.